The Kier molecular flexibility index (Phi) is 35.0. The predicted molar refractivity (Wildman–Crippen MR) is 101 cm³/mol. The maximum absolute atomic E-state index is 8.88. The van der Waals surface area contributed by atoms with Crippen LogP contribution in [0, 0.1) is 0 Å². The highest BCUT2D eigenvalue weighted by Crippen LogP contribution is 2.26. The van der Waals surface area contributed by atoms with Gasteiger partial charge in [0.1, 0.15) is 0 Å². The van der Waals surface area contributed by atoms with Crippen molar-refractivity contribution in [3.63, 3.8) is 0 Å². The molecular formula is C14H40O9P2. The summed E-state index contributed by atoms with van der Waals surface area (Å²) in [4.78, 5) is 43.1. The molecule has 0 spiro atoms. The quantitative estimate of drug-likeness (QED) is 0.232. The van der Waals surface area contributed by atoms with E-state index in [1.165, 1.54) is 70.6 Å². The van der Waals surface area contributed by atoms with Crippen LogP contribution in [0.3, 0.4) is 0 Å². The van der Waals surface area contributed by atoms with E-state index in [9.17, 15) is 0 Å². The first-order chi connectivity index (χ1) is 10.4. The van der Waals surface area contributed by atoms with Crippen LogP contribution in [0.4, 0.5) is 0 Å². The number of hydrogen-bond donors (Lipinski definition) is 6. The summed E-state index contributed by atoms with van der Waals surface area (Å²) in [6, 6.07) is 0. The van der Waals surface area contributed by atoms with Crippen LogP contribution in [-0.2, 0) is 9.13 Å². The fraction of sp³-hybridized carbons (Fsp3) is 1.00. The van der Waals surface area contributed by atoms with Crippen LogP contribution < -0.4 is 0 Å². The van der Waals surface area contributed by atoms with Gasteiger partial charge in [-0.3, -0.25) is 0 Å². The largest absolute Gasteiger partial charge is 0.466 e. The molecule has 11 heteroatoms. The van der Waals surface area contributed by atoms with Gasteiger partial charge in [0.05, 0.1) is 0 Å². The minimum Gasteiger partial charge on any atom is -0.412 e. The molecule has 0 aliphatic carbocycles. The van der Waals surface area contributed by atoms with Gasteiger partial charge in [0.2, 0.25) is 0 Å². The van der Waals surface area contributed by atoms with Gasteiger partial charge in [-0.25, -0.2) is 9.13 Å². The lowest BCUT2D eigenvalue weighted by molar-refractivity contribution is 0.272. The average molecular weight is 414 g/mol. The molecule has 0 bridgehead atoms. The lowest BCUT2D eigenvalue weighted by Crippen LogP contribution is -1.80. The second kappa shape index (κ2) is 24.2. The highest BCUT2D eigenvalue weighted by atomic mass is 31.2. The molecule has 0 aromatic rings. The Labute approximate surface area is 152 Å². The van der Waals surface area contributed by atoms with Gasteiger partial charge in [0, 0.05) is 0 Å². The Bertz CT molecular complexity index is 269. The van der Waals surface area contributed by atoms with Crippen LogP contribution in [0.15, 0.2) is 0 Å². The van der Waals surface area contributed by atoms with Crippen LogP contribution in [0.25, 0.3) is 0 Å². The highest BCUT2D eigenvalue weighted by molar-refractivity contribution is 7.45. The van der Waals surface area contributed by atoms with Crippen molar-refractivity contribution in [3.8, 4) is 0 Å². The van der Waals surface area contributed by atoms with E-state index in [4.69, 9.17) is 38.5 Å². The SMILES string of the molecule is C.CCCCCCCCCCCCC.O.O=P(O)(O)O.O=P(O)(O)O. The van der Waals surface area contributed by atoms with Gasteiger partial charge in [-0.15, -0.1) is 0 Å². The lowest BCUT2D eigenvalue weighted by atomic mass is 10.1. The standard InChI is InChI=1S/C13H28.CH4.2H3O4P.H2O/c1-3-5-7-9-11-13-12-10-8-6-4-2;;2*1-5(2,3)4;/h3-13H2,1-2H3;1H4;2*(H3,1,2,3,4);1H2. The van der Waals surface area contributed by atoms with E-state index in [0.717, 1.165) is 0 Å². The van der Waals surface area contributed by atoms with Crippen LogP contribution in [0.5, 0.6) is 0 Å². The van der Waals surface area contributed by atoms with Crippen LogP contribution in [-0.4, -0.2) is 34.8 Å². The third kappa shape index (κ3) is 115. The predicted octanol–water partition coefficient (Wildman–Crippen LogP) is 3.27. The molecule has 0 aromatic heterocycles. The molecule has 0 saturated carbocycles. The van der Waals surface area contributed by atoms with Crippen molar-refractivity contribution in [3.05, 3.63) is 0 Å². The Morgan fingerprint density at radius 2 is 0.640 bits per heavy atom. The van der Waals surface area contributed by atoms with Crippen LogP contribution in [0.1, 0.15) is 91.9 Å². The third-order valence-corrected chi connectivity index (χ3v) is 2.71. The van der Waals surface area contributed by atoms with Gasteiger partial charge < -0.3 is 34.8 Å². The molecule has 9 nitrogen and oxygen atoms in total. The molecular weight excluding hydrogens is 374 g/mol. The van der Waals surface area contributed by atoms with Crippen LogP contribution >= 0.6 is 15.6 Å². The van der Waals surface area contributed by atoms with Gasteiger partial charge in [-0.2, -0.15) is 0 Å². The fourth-order valence-corrected chi connectivity index (χ4v) is 1.74. The summed E-state index contributed by atoms with van der Waals surface area (Å²) < 4.78 is 17.8. The molecule has 0 atom stereocenters. The van der Waals surface area contributed by atoms with Gasteiger partial charge >= 0.3 is 15.6 Å². The number of unbranched alkanes of at least 4 members (excludes halogenated alkanes) is 10. The smallest absolute Gasteiger partial charge is 0.412 e. The Morgan fingerprint density at radius 3 is 0.760 bits per heavy atom. The Hall–Kier alpha value is 0.180. The highest BCUT2D eigenvalue weighted by Gasteiger charge is 2.00. The second-order valence-electron chi connectivity index (χ2n) is 5.21. The first-order valence-corrected chi connectivity index (χ1v) is 11.1. The van der Waals surface area contributed by atoms with Gasteiger partial charge in [0.15, 0.2) is 0 Å². The van der Waals surface area contributed by atoms with Crippen molar-refractivity contribution < 1.29 is 44.0 Å². The van der Waals surface area contributed by atoms with Gasteiger partial charge in [-0.1, -0.05) is 91.9 Å². The molecule has 0 aromatic carbocycles. The summed E-state index contributed by atoms with van der Waals surface area (Å²) in [5.41, 5.74) is 0. The lowest BCUT2D eigenvalue weighted by Gasteiger charge is -2.00. The maximum atomic E-state index is 8.88. The van der Waals surface area contributed by atoms with E-state index in [1.54, 1.807) is 0 Å². The van der Waals surface area contributed by atoms with Crippen molar-refractivity contribution in [1.29, 1.82) is 0 Å². The second-order valence-corrected chi connectivity index (χ2v) is 7.26. The zero-order valence-electron chi connectivity index (χ0n) is 14.7. The fourth-order valence-electron chi connectivity index (χ4n) is 1.74. The monoisotopic (exact) mass is 414 g/mol. The van der Waals surface area contributed by atoms with E-state index in [1.807, 2.05) is 0 Å². The third-order valence-electron chi connectivity index (χ3n) is 2.71. The molecule has 0 fully saturated rings. The molecule has 0 rings (SSSR count). The molecule has 0 unspecified atom stereocenters. The molecule has 0 aliphatic rings. The van der Waals surface area contributed by atoms with E-state index in [-0.39, 0.29) is 12.9 Å². The molecule has 0 amide bonds. The van der Waals surface area contributed by atoms with E-state index >= 15 is 0 Å². The van der Waals surface area contributed by atoms with E-state index in [2.05, 4.69) is 13.8 Å². The zero-order valence-corrected chi connectivity index (χ0v) is 16.5. The van der Waals surface area contributed by atoms with Gasteiger partial charge in [-0.05, 0) is 0 Å². The molecule has 160 valence electrons. The van der Waals surface area contributed by atoms with Crippen molar-refractivity contribution in [2.24, 2.45) is 0 Å². The minimum atomic E-state index is -4.64. The number of hydrogen-bond acceptors (Lipinski definition) is 2. The van der Waals surface area contributed by atoms with E-state index < -0.39 is 15.6 Å². The van der Waals surface area contributed by atoms with Crippen molar-refractivity contribution >= 4 is 15.6 Å². The summed E-state index contributed by atoms with van der Waals surface area (Å²) in [5, 5.41) is 0. The molecule has 25 heavy (non-hydrogen) atoms. The summed E-state index contributed by atoms with van der Waals surface area (Å²) in [6.07, 6.45) is 15.9. The summed E-state index contributed by atoms with van der Waals surface area (Å²) in [7, 11) is -9.28. The van der Waals surface area contributed by atoms with Crippen molar-refractivity contribution in [2.75, 3.05) is 0 Å². The topological polar surface area (TPSA) is 187 Å². The average Bonchev–Trinajstić information content (AvgIpc) is 2.33. The Balaban J connectivity index is -0.0000000933. The first kappa shape index (κ1) is 36.2. The first-order valence-electron chi connectivity index (χ1n) is 7.98. The Morgan fingerprint density at radius 1 is 0.520 bits per heavy atom. The summed E-state index contributed by atoms with van der Waals surface area (Å²) >= 11 is 0. The normalized spacial score (nSPS) is 10.2. The zero-order chi connectivity index (χ0) is 18.8. The maximum Gasteiger partial charge on any atom is 0.466 e. The molecule has 0 saturated heterocycles. The minimum absolute atomic E-state index is 0. The number of phosphoric acid groups is 2. The van der Waals surface area contributed by atoms with Crippen LogP contribution in [0.2, 0.25) is 0 Å². The van der Waals surface area contributed by atoms with Gasteiger partial charge in [0.25, 0.3) is 0 Å². The van der Waals surface area contributed by atoms with Crippen molar-refractivity contribution in [2.45, 2.75) is 91.9 Å². The molecule has 0 radical (unpaired) electrons. The molecule has 8 N–H and O–H groups in total. The van der Waals surface area contributed by atoms with Crippen molar-refractivity contribution in [1.82, 2.24) is 0 Å². The summed E-state index contributed by atoms with van der Waals surface area (Å²) in [5.74, 6) is 0. The number of rotatable bonds is 10. The summed E-state index contributed by atoms with van der Waals surface area (Å²) in [6.45, 7) is 4.56. The molecule has 0 aliphatic heterocycles. The van der Waals surface area contributed by atoms with E-state index in [0.29, 0.717) is 0 Å². The molecule has 0 heterocycles.